The summed E-state index contributed by atoms with van der Waals surface area (Å²) in [6.07, 6.45) is 3.01. The molecule has 0 radical (unpaired) electrons. The molecule has 1 saturated heterocycles. The maximum atomic E-state index is 13.4. The molecule has 2 aliphatic carbocycles. The van der Waals surface area contributed by atoms with Crippen molar-refractivity contribution in [2.75, 3.05) is 6.54 Å². The first kappa shape index (κ1) is 21.6. The third-order valence-corrected chi connectivity index (χ3v) is 6.87. The molecule has 2 amide bonds. The molecule has 1 aromatic heterocycles. The number of benzene rings is 1. The van der Waals surface area contributed by atoms with Crippen molar-refractivity contribution >= 4 is 22.7 Å². The molecule has 1 N–H and O–H groups in total. The fourth-order valence-corrected chi connectivity index (χ4v) is 4.99. The van der Waals surface area contributed by atoms with Crippen LogP contribution in [0.2, 0.25) is 0 Å². The second-order valence-corrected chi connectivity index (χ2v) is 9.14. The van der Waals surface area contributed by atoms with Gasteiger partial charge >= 0.3 is 0 Å². The largest absolute Gasteiger partial charge is 0.490 e. The van der Waals surface area contributed by atoms with Gasteiger partial charge in [0.25, 0.3) is 5.91 Å². The van der Waals surface area contributed by atoms with Crippen LogP contribution >= 0.6 is 0 Å². The molecule has 0 spiro atoms. The molecule has 7 nitrogen and oxygen atoms in total. The minimum atomic E-state index is -2.63. The monoisotopic (exact) mass is 454 g/mol. The summed E-state index contributed by atoms with van der Waals surface area (Å²) in [7, 11) is 0. The normalized spacial score (nSPS) is 25.8. The van der Waals surface area contributed by atoms with Gasteiger partial charge in [0.05, 0.1) is 29.8 Å². The Kier molecular flexibility index (Phi) is 5.39. The van der Waals surface area contributed by atoms with Crippen LogP contribution in [0.5, 0.6) is 5.75 Å². The van der Waals surface area contributed by atoms with Crippen molar-refractivity contribution in [1.29, 1.82) is 5.26 Å². The summed E-state index contributed by atoms with van der Waals surface area (Å²) in [6.45, 7) is -0.184. The Hall–Kier alpha value is -3.28. The van der Waals surface area contributed by atoms with E-state index in [9.17, 15) is 23.6 Å². The number of piperidine rings is 1. The molecule has 3 atom stereocenters. The summed E-state index contributed by atoms with van der Waals surface area (Å²) < 4.78 is 32.7. The van der Waals surface area contributed by atoms with Crippen molar-refractivity contribution in [1.82, 2.24) is 15.2 Å². The van der Waals surface area contributed by atoms with E-state index in [-0.39, 0.29) is 50.3 Å². The van der Waals surface area contributed by atoms with Gasteiger partial charge in [-0.25, -0.2) is 8.78 Å². The van der Waals surface area contributed by atoms with Crippen LogP contribution in [0.4, 0.5) is 8.78 Å². The molecule has 3 aliphatic rings. The molecule has 1 aromatic carbocycles. The zero-order valence-electron chi connectivity index (χ0n) is 18.0. The van der Waals surface area contributed by atoms with Crippen LogP contribution in [0.1, 0.15) is 48.9 Å². The number of carbonyl (C=O) groups is 2. The van der Waals surface area contributed by atoms with Crippen LogP contribution in [0.25, 0.3) is 10.9 Å². The number of fused-ring (bicyclic) bond motifs is 2. The zero-order chi connectivity index (χ0) is 23.2. The number of likely N-dealkylation sites (tertiary alicyclic amines) is 1. The van der Waals surface area contributed by atoms with E-state index in [2.05, 4.69) is 16.4 Å². The number of aromatic nitrogens is 1. The second-order valence-electron chi connectivity index (χ2n) is 9.14. The Labute approximate surface area is 189 Å². The van der Waals surface area contributed by atoms with Gasteiger partial charge in [-0.05, 0) is 55.9 Å². The standard InChI is InChI=1S/C24H24F2N4O3/c25-24(26)6-3-16(4-7-24)33-17-1-2-20-19(11-17)18(5-8-28-20)23(32)29-13-22(31)30-15(12-27)9-14-10-21(14)30/h1-2,5,8,11,14-16,21H,3-4,6-7,9-10,13H2,(H,29,32)/t14-,15+,21+/m1/s1. The summed E-state index contributed by atoms with van der Waals surface area (Å²) in [5.74, 6) is -2.41. The molecule has 0 unspecified atom stereocenters. The summed E-state index contributed by atoms with van der Waals surface area (Å²) in [4.78, 5) is 31.4. The Morgan fingerprint density at radius 1 is 1.24 bits per heavy atom. The van der Waals surface area contributed by atoms with Gasteiger partial charge in [-0.1, -0.05) is 0 Å². The Bertz CT molecular complexity index is 1140. The molecule has 172 valence electrons. The zero-order valence-corrected chi connectivity index (χ0v) is 18.0. The number of amides is 2. The predicted octanol–water partition coefficient (Wildman–Crippen LogP) is 3.43. The first-order valence-electron chi connectivity index (χ1n) is 11.3. The van der Waals surface area contributed by atoms with Crippen LogP contribution in [0, 0.1) is 17.2 Å². The van der Waals surface area contributed by atoms with Crippen molar-refractivity contribution < 1.29 is 23.1 Å². The highest BCUT2D eigenvalue weighted by Gasteiger charge is 2.53. The molecule has 0 bridgehead atoms. The predicted molar refractivity (Wildman–Crippen MR) is 115 cm³/mol. The highest BCUT2D eigenvalue weighted by atomic mass is 19.3. The maximum Gasteiger partial charge on any atom is 0.252 e. The highest BCUT2D eigenvalue weighted by Crippen LogP contribution is 2.47. The Morgan fingerprint density at radius 2 is 2.03 bits per heavy atom. The van der Waals surface area contributed by atoms with Crippen molar-refractivity contribution in [2.45, 2.75) is 62.6 Å². The van der Waals surface area contributed by atoms with Crippen LogP contribution in [0.3, 0.4) is 0 Å². The summed E-state index contributed by atoms with van der Waals surface area (Å²) in [6, 6.07) is 8.57. The minimum absolute atomic E-state index is 0.125. The molecule has 33 heavy (non-hydrogen) atoms. The van der Waals surface area contributed by atoms with E-state index in [4.69, 9.17) is 4.74 Å². The van der Waals surface area contributed by atoms with Crippen molar-refractivity contribution in [2.24, 2.45) is 5.92 Å². The number of nitriles is 1. The fourth-order valence-electron chi connectivity index (χ4n) is 4.99. The molecular formula is C24H24F2N4O3. The number of carbonyl (C=O) groups excluding carboxylic acids is 2. The summed E-state index contributed by atoms with van der Waals surface area (Å²) in [5.41, 5.74) is 0.928. The van der Waals surface area contributed by atoms with E-state index in [1.807, 2.05) is 0 Å². The van der Waals surface area contributed by atoms with Crippen molar-refractivity contribution in [3.8, 4) is 11.8 Å². The molecular weight excluding hydrogens is 430 g/mol. The number of alkyl halides is 2. The van der Waals surface area contributed by atoms with E-state index >= 15 is 0 Å². The van der Waals surface area contributed by atoms with E-state index < -0.39 is 17.9 Å². The summed E-state index contributed by atoms with van der Waals surface area (Å²) in [5, 5.41) is 12.5. The number of pyridine rings is 1. The van der Waals surface area contributed by atoms with Crippen molar-refractivity contribution in [3.05, 3.63) is 36.0 Å². The maximum absolute atomic E-state index is 13.4. The number of halogens is 2. The molecule has 2 aromatic rings. The molecule has 3 fully saturated rings. The average Bonchev–Trinajstić information content (AvgIpc) is 3.47. The molecule has 2 saturated carbocycles. The lowest BCUT2D eigenvalue weighted by molar-refractivity contribution is -0.131. The second kappa shape index (κ2) is 8.25. The van der Waals surface area contributed by atoms with Gasteiger partial charge in [0.2, 0.25) is 11.8 Å². The number of ether oxygens (including phenoxy) is 1. The van der Waals surface area contributed by atoms with Crippen molar-refractivity contribution in [3.63, 3.8) is 0 Å². The molecule has 1 aliphatic heterocycles. The van der Waals surface area contributed by atoms with Gasteiger partial charge in [-0.3, -0.25) is 14.6 Å². The van der Waals surface area contributed by atoms with Gasteiger partial charge in [0, 0.05) is 30.5 Å². The highest BCUT2D eigenvalue weighted by molar-refractivity contribution is 6.07. The summed E-state index contributed by atoms with van der Waals surface area (Å²) >= 11 is 0. The number of nitrogens with one attached hydrogen (secondary N) is 1. The number of nitrogens with zero attached hydrogens (tertiary/aromatic N) is 3. The molecule has 2 heterocycles. The van der Waals surface area contributed by atoms with Crippen LogP contribution in [0.15, 0.2) is 30.5 Å². The Balaban J connectivity index is 1.27. The lowest BCUT2D eigenvalue weighted by atomic mass is 9.94. The van der Waals surface area contributed by atoms with Crippen LogP contribution in [-0.2, 0) is 4.79 Å². The van der Waals surface area contributed by atoms with Crippen LogP contribution < -0.4 is 10.1 Å². The Morgan fingerprint density at radius 3 is 2.79 bits per heavy atom. The lowest BCUT2D eigenvalue weighted by Gasteiger charge is -2.28. The molecule has 9 heteroatoms. The smallest absolute Gasteiger partial charge is 0.252 e. The lowest BCUT2D eigenvalue weighted by Crippen LogP contribution is -2.44. The van der Waals surface area contributed by atoms with Crippen LogP contribution in [-0.4, -0.2) is 52.4 Å². The van der Waals surface area contributed by atoms with Gasteiger partial charge in [-0.2, -0.15) is 5.26 Å². The fraction of sp³-hybridized carbons (Fsp3) is 0.500. The number of hydrogen-bond acceptors (Lipinski definition) is 5. The first-order valence-corrected chi connectivity index (χ1v) is 11.3. The minimum Gasteiger partial charge on any atom is -0.490 e. The van der Waals surface area contributed by atoms with Gasteiger partial charge in [0.15, 0.2) is 0 Å². The number of rotatable bonds is 5. The van der Waals surface area contributed by atoms with E-state index in [1.165, 1.54) is 6.20 Å². The average molecular weight is 454 g/mol. The third kappa shape index (κ3) is 4.34. The topological polar surface area (TPSA) is 95.3 Å². The van der Waals surface area contributed by atoms with Gasteiger partial charge < -0.3 is 15.0 Å². The van der Waals surface area contributed by atoms with E-state index in [1.54, 1.807) is 29.2 Å². The third-order valence-electron chi connectivity index (χ3n) is 6.87. The van der Waals surface area contributed by atoms with Gasteiger partial charge in [0.1, 0.15) is 11.8 Å². The quantitative estimate of drug-likeness (QED) is 0.747. The van der Waals surface area contributed by atoms with Gasteiger partial charge in [-0.15, -0.1) is 0 Å². The molecule has 5 rings (SSSR count). The first-order chi connectivity index (χ1) is 15.8. The van der Waals surface area contributed by atoms with E-state index in [0.717, 1.165) is 6.42 Å². The van der Waals surface area contributed by atoms with E-state index in [0.29, 0.717) is 34.6 Å². The number of hydrogen-bond donors (Lipinski definition) is 1. The SMILES string of the molecule is N#C[C@@H]1C[C@@H]2C[C@@H]2N1C(=O)CNC(=O)c1ccnc2ccc(OC3CCC(F)(F)CC3)cc12.